The zero-order valence-corrected chi connectivity index (χ0v) is 10.5. The van der Waals surface area contributed by atoms with Gasteiger partial charge < -0.3 is 0 Å². The largest absolute Gasteiger partial charge is 0.298 e. The molecule has 1 fully saturated rings. The van der Waals surface area contributed by atoms with E-state index in [0.717, 1.165) is 23.1 Å². The summed E-state index contributed by atoms with van der Waals surface area (Å²) in [6.07, 6.45) is 5.00. The molecule has 2 nitrogen and oxygen atoms in total. The summed E-state index contributed by atoms with van der Waals surface area (Å²) in [7, 11) is 0. The number of rotatable bonds is 3. The first-order chi connectivity index (χ1) is 8.79. The number of pyridine rings is 1. The number of carbonyl (C=O) groups is 1. The molecule has 90 valence electrons. The summed E-state index contributed by atoms with van der Waals surface area (Å²) in [4.78, 5) is 15.7. The first-order valence-electron chi connectivity index (χ1n) is 5.99. The summed E-state index contributed by atoms with van der Waals surface area (Å²) in [5.74, 6) is 0.545. The number of carbonyl (C=O) groups excluding carboxylic acids is 1. The Hall–Kier alpha value is -1.67. The maximum absolute atomic E-state index is 11.2. The number of hydrogen-bond acceptors (Lipinski definition) is 2. The number of halogens is 1. The highest BCUT2D eigenvalue weighted by Gasteiger charge is 2.25. The van der Waals surface area contributed by atoms with Crippen LogP contribution in [0.1, 0.15) is 34.8 Å². The van der Waals surface area contributed by atoms with Gasteiger partial charge in [0.25, 0.3) is 0 Å². The van der Waals surface area contributed by atoms with Crippen molar-refractivity contribution in [3.63, 3.8) is 0 Å². The van der Waals surface area contributed by atoms with Crippen molar-refractivity contribution in [3.8, 4) is 11.1 Å². The summed E-state index contributed by atoms with van der Waals surface area (Å²) in [6.45, 7) is 0. The van der Waals surface area contributed by atoms with Crippen LogP contribution >= 0.6 is 11.6 Å². The molecule has 0 unspecified atom stereocenters. The fourth-order valence-electron chi connectivity index (χ4n) is 2.09. The van der Waals surface area contributed by atoms with Crippen molar-refractivity contribution >= 4 is 17.9 Å². The van der Waals surface area contributed by atoms with Crippen molar-refractivity contribution in [1.29, 1.82) is 0 Å². The van der Waals surface area contributed by atoms with Gasteiger partial charge in [0.2, 0.25) is 0 Å². The Morgan fingerprint density at radius 3 is 2.67 bits per heavy atom. The zero-order chi connectivity index (χ0) is 12.5. The molecular formula is C15H12ClNO. The third-order valence-corrected chi connectivity index (χ3v) is 3.57. The van der Waals surface area contributed by atoms with E-state index in [9.17, 15) is 4.79 Å². The van der Waals surface area contributed by atoms with Gasteiger partial charge in [-0.1, -0.05) is 29.8 Å². The normalized spacial score (nSPS) is 14.5. The summed E-state index contributed by atoms with van der Waals surface area (Å²) in [5.41, 5.74) is 3.35. The van der Waals surface area contributed by atoms with Crippen molar-refractivity contribution in [2.45, 2.75) is 18.8 Å². The maximum Gasteiger partial charge on any atom is 0.150 e. The van der Waals surface area contributed by atoms with Crippen LogP contribution in [0.25, 0.3) is 11.1 Å². The molecule has 3 rings (SSSR count). The fraction of sp³-hybridized carbons (Fsp3) is 0.200. The van der Waals surface area contributed by atoms with Gasteiger partial charge in [-0.05, 0) is 25.0 Å². The van der Waals surface area contributed by atoms with Crippen LogP contribution < -0.4 is 0 Å². The highest BCUT2D eigenvalue weighted by atomic mass is 35.5. The summed E-state index contributed by atoms with van der Waals surface area (Å²) in [6, 6.07) is 9.40. The third-order valence-electron chi connectivity index (χ3n) is 3.24. The molecule has 0 amide bonds. The van der Waals surface area contributed by atoms with Crippen molar-refractivity contribution in [3.05, 3.63) is 52.8 Å². The van der Waals surface area contributed by atoms with Gasteiger partial charge in [-0.25, -0.2) is 0 Å². The van der Waals surface area contributed by atoms with Crippen LogP contribution in [-0.4, -0.2) is 11.3 Å². The van der Waals surface area contributed by atoms with Gasteiger partial charge in [0.15, 0.2) is 6.29 Å². The van der Waals surface area contributed by atoms with E-state index in [1.165, 1.54) is 12.8 Å². The molecule has 1 aromatic carbocycles. The second-order valence-corrected chi connectivity index (χ2v) is 4.98. The lowest BCUT2D eigenvalue weighted by molar-refractivity contribution is 0.112. The van der Waals surface area contributed by atoms with Gasteiger partial charge in [-0.3, -0.25) is 9.78 Å². The Bertz CT molecular complexity index is 605. The fourth-order valence-corrected chi connectivity index (χ4v) is 2.33. The molecule has 0 N–H and O–H groups in total. The summed E-state index contributed by atoms with van der Waals surface area (Å²) >= 11 is 6.16. The number of hydrogen-bond donors (Lipinski definition) is 0. The molecule has 0 radical (unpaired) electrons. The van der Waals surface area contributed by atoms with E-state index >= 15 is 0 Å². The predicted molar refractivity (Wildman–Crippen MR) is 72.0 cm³/mol. The van der Waals surface area contributed by atoms with E-state index in [2.05, 4.69) is 4.98 Å². The Labute approximate surface area is 111 Å². The quantitative estimate of drug-likeness (QED) is 0.775. The standard InChI is InChI=1S/C15H12ClNO/c16-14-4-2-1-3-12(14)13-8-17-15(10-5-6-10)7-11(13)9-18/h1-4,7-10H,5-6H2. The molecule has 1 heterocycles. The summed E-state index contributed by atoms with van der Waals surface area (Å²) in [5, 5.41) is 0.640. The molecule has 2 aromatic rings. The van der Waals surface area contributed by atoms with Crippen molar-refractivity contribution < 1.29 is 4.79 Å². The predicted octanol–water partition coefficient (Wildman–Crippen LogP) is 4.09. The van der Waals surface area contributed by atoms with Crippen LogP contribution in [-0.2, 0) is 0 Å². The molecule has 0 aliphatic heterocycles. The number of aromatic nitrogens is 1. The minimum atomic E-state index is 0.545. The lowest BCUT2D eigenvalue weighted by atomic mass is 10.0. The lowest BCUT2D eigenvalue weighted by Gasteiger charge is -2.08. The lowest BCUT2D eigenvalue weighted by Crippen LogP contribution is -1.94. The van der Waals surface area contributed by atoms with E-state index in [-0.39, 0.29) is 0 Å². The van der Waals surface area contributed by atoms with E-state index in [0.29, 0.717) is 16.5 Å². The number of benzene rings is 1. The molecule has 0 atom stereocenters. The molecule has 3 heteroatoms. The third kappa shape index (κ3) is 2.04. The molecule has 1 saturated carbocycles. The Morgan fingerprint density at radius 1 is 1.22 bits per heavy atom. The van der Waals surface area contributed by atoms with Gasteiger partial charge in [-0.15, -0.1) is 0 Å². The van der Waals surface area contributed by atoms with Crippen LogP contribution in [0.15, 0.2) is 36.5 Å². The smallest absolute Gasteiger partial charge is 0.150 e. The average Bonchev–Trinajstić information content (AvgIpc) is 3.23. The van der Waals surface area contributed by atoms with Crippen molar-refractivity contribution in [2.75, 3.05) is 0 Å². The topological polar surface area (TPSA) is 30.0 Å². The zero-order valence-electron chi connectivity index (χ0n) is 9.77. The van der Waals surface area contributed by atoms with Crippen LogP contribution in [0.4, 0.5) is 0 Å². The van der Waals surface area contributed by atoms with Crippen LogP contribution in [0.3, 0.4) is 0 Å². The SMILES string of the molecule is O=Cc1cc(C2CC2)ncc1-c1ccccc1Cl. The van der Waals surface area contributed by atoms with Crippen LogP contribution in [0.2, 0.25) is 5.02 Å². The monoisotopic (exact) mass is 257 g/mol. The Balaban J connectivity index is 2.11. The number of nitrogens with zero attached hydrogens (tertiary/aromatic N) is 1. The minimum absolute atomic E-state index is 0.545. The van der Waals surface area contributed by atoms with E-state index in [4.69, 9.17) is 11.6 Å². The molecule has 0 spiro atoms. The second-order valence-electron chi connectivity index (χ2n) is 4.57. The van der Waals surface area contributed by atoms with Crippen molar-refractivity contribution in [1.82, 2.24) is 4.98 Å². The second kappa shape index (κ2) is 4.54. The van der Waals surface area contributed by atoms with Crippen molar-refractivity contribution in [2.24, 2.45) is 0 Å². The molecule has 18 heavy (non-hydrogen) atoms. The van der Waals surface area contributed by atoms with E-state index < -0.39 is 0 Å². The van der Waals surface area contributed by atoms with Gasteiger partial charge in [0.05, 0.1) is 0 Å². The summed E-state index contributed by atoms with van der Waals surface area (Å²) < 4.78 is 0. The Kier molecular flexibility index (Phi) is 2.88. The van der Waals surface area contributed by atoms with E-state index in [1.54, 1.807) is 6.20 Å². The highest BCUT2D eigenvalue weighted by molar-refractivity contribution is 6.33. The molecule has 1 aliphatic rings. The first-order valence-corrected chi connectivity index (χ1v) is 6.37. The molecule has 1 aromatic heterocycles. The Morgan fingerprint density at radius 2 is 2.00 bits per heavy atom. The van der Waals surface area contributed by atoms with Gasteiger partial charge >= 0.3 is 0 Å². The number of aldehydes is 1. The van der Waals surface area contributed by atoms with Gasteiger partial charge in [0, 0.05) is 39.5 Å². The first kappa shape index (κ1) is 11.4. The molecule has 0 bridgehead atoms. The maximum atomic E-state index is 11.2. The van der Waals surface area contributed by atoms with Gasteiger partial charge in [-0.2, -0.15) is 0 Å². The molecular weight excluding hydrogens is 246 g/mol. The highest BCUT2D eigenvalue weighted by Crippen LogP contribution is 2.40. The van der Waals surface area contributed by atoms with Crippen LogP contribution in [0, 0.1) is 0 Å². The molecule has 1 aliphatic carbocycles. The van der Waals surface area contributed by atoms with E-state index in [1.807, 2.05) is 30.3 Å². The minimum Gasteiger partial charge on any atom is -0.298 e. The average molecular weight is 258 g/mol. The van der Waals surface area contributed by atoms with Gasteiger partial charge in [0.1, 0.15) is 0 Å². The van der Waals surface area contributed by atoms with Crippen LogP contribution in [0.5, 0.6) is 0 Å². The molecule has 0 saturated heterocycles.